The molecule has 1 aliphatic heterocycles. The lowest BCUT2D eigenvalue weighted by atomic mass is 10.00. The minimum atomic E-state index is 0.0293. The van der Waals surface area contributed by atoms with Crippen LogP contribution in [0, 0.1) is 0 Å². The average Bonchev–Trinajstić information content (AvgIpc) is 2.52. The molecule has 1 amide bonds. The second kappa shape index (κ2) is 8.12. The molecule has 1 aromatic rings. The fraction of sp³-hybridized carbons (Fsp3) is 0.562. The van der Waals surface area contributed by atoms with Crippen LogP contribution in [-0.2, 0) is 17.8 Å². The molecule has 0 saturated carbocycles. The lowest BCUT2D eigenvalue weighted by Crippen LogP contribution is -2.43. The zero-order valence-electron chi connectivity index (χ0n) is 12.4. The van der Waals surface area contributed by atoms with Crippen molar-refractivity contribution in [2.24, 2.45) is 0 Å². The standard InChI is InChI=1S/C16H24N2O3/c19-10-3-7-17(9-11-20)13-16(21)18-8-6-14-4-1-2-5-15(14)12-18/h1-2,4-5,19-20H,3,6-13H2. The first kappa shape index (κ1) is 15.9. The summed E-state index contributed by atoms with van der Waals surface area (Å²) in [5, 5.41) is 18.0. The summed E-state index contributed by atoms with van der Waals surface area (Å²) in [5.74, 6) is 0.0934. The van der Waals surface area contributed by atoms with Crippen molar-refractivity contribution in [2.45, 2.75) is 19.4 Å². The molecule has 5 heteroatoms. The number of fused-ring (bicyclic) bond motifs is 1. The van der Waals surface area contributed by atoms with Gasteiger partial charge in [0.25, 0.3) is 0 Å². The highest BCUT2D eigenvalue weighted by atomic mass is 16.3. The van der Waals surface area contributed by atoms with Crippen LogP contribution in [0.3, 0.4) is 0 Å². The van der Waals surface area contributed by atoms with Crippen molar-refractivity contribution >= 4 is 5.91 Å². The van der Waals surface area contributed by atoms with Gasteiger partial charge in [-0.3, -0.25) is 9.69 Å². The smallest absolute Gasteiger partial charge is 0.237 e. The number of carbonyl (C=O) groups is 1. The molecule has 2 rings (SSSR count). The van der Waals surface area contributed by atoms with Crippen LogP contribution in [0.5, 0.6) is 0 Å². The molecular weight excluding hydrogens is 268 g/mol. The fourth-order valence-electron chi connectivity index (χ4n) is 2.71. The Hall–Kier alpha value is -1.43. The second-order valence-corrected chi connectivity index (χ2v) is 5.41. The van der Waals surface area contributed by atoms with Gasteiger partial charge >= 0.3 is 0 Å². The van der Waals surface area contributed by atoms with Gasteiger partial charge in [-0.1, -0.05) is 24.3 Å². The Balaban J connectivity index is 1.91. The lowest BCUT2D eigenvalue weighted by molar-refractivity contribution is -0.133. The highest BCUT2D eigenvalue weighted by molar-refractivity contribution is 5.78. The number of nitrogens with zero attached hydrogens (tertiary/aromatic N) is 2. The van der Waals surface area contributed by atoms with Gasteiger partial charge in [0.2, 0.25) is 5.91 Å². The van der Waals surface area contributed by atoms with Crippen LogP contribution < -0.4 is 0 Å². The monoisotopic (exact) mass is 292 g/mol. The molecule has 0 unspecified atom stereocenters. The van der Waals surface area contributed by atoms with Crippen LogP contribution in [0.2, 0.25) is 0 Å². The number of hydrogen-bond donors (Lipinski definition) is 2. The predicted molar refractivity (Wildman–Crippen MR) is 80.8 cm³/mol. The minimum absolute atomic E-state index is 0.0293. The topological polar surface area (TPSA) is 64.0 Å². The molecule has 21 heavy (non-hydrogen) atoms. The molecule has 116 valence electrons. The molecular formula is C16H24N2O3. The van der Waals surface area contributed by atoms with E-state index < -0.39 is 0 Å². The molecule has 0 atom stereocenters. The van der Waals surface area contributed by atoms with E-state index in [0.717, 1.165) is 13.0 Å². The van der Waals surface area contributed by atoms with Gasteiger partial charge in [-0.05, 0) is 24.0 Å². The highest BCUT2D eigenvalue weighted by Gasteiger charge is 2.21. The number of carbonyl (C=O) groups excluding carboxylic acids is 1. The molecule has 5 nitrogen and oxygen atoms in total. The maximum atomic E-state index is 12.4. The van der Waals surface area contributed by atoms with Gasteiger partial charge in [-0.25, -0.2) is 0 Å². The molecule has 0 fully saturated rings. The van der Waals surface area contributed by atoms with Crippen LogP contribution in [0.1, 0.15) is 17.5 Å². The van der Waals surface area contributed by atoms with E-state index in [4.69, 9.17) is 10.2 Å². The van der Waals surface area contributed by atoms with E-state index in [1.165, 1.54) is 11.1 Å². The van der Waals surface area contributed by atoms with Crippen LogP contribution in [-0.4, -0.2) is 65.3 Å². The summed E-state index contributed by atoms with van der Waals surface area (Å²) in [6.45, 7) is 2.96. The van der Waals surface area contributed by atoms with Crippen LogP contribution in [0.4, 0.5) is 0 Å². The Morgan fingerprint density at radius 2 is 1.90 bits per heavy atom. The molecule has 1 aromatic carbocycles. The van der Waals surface area contributed by atoms with Gasteiger partial charge < -0.3 is 15.1 Å². The summed E-state index contributed by atoms with van der Waals surface area (Å²) in [7, 11) is 0. The van der Waals surface area contributed by atoms with Gasteiger partial charge in [-0.15, -0.1) is 0 Å². The van der Waals surface area contributed by atoms with Gasteiger partial charge in [0, 0.05) is 32.8 Å². The van der Waals surface area contributed by atoms with Crippen molar-refractivity contribution in [3.05, 3.63) is 35.4 Å². The number of hydrogen-bond acceptors (Lipinski definition) is 4. The van der Waals surface area contributed by atoms with Crippen molar-refractivity contribution in [3.63, 3.8) is 0 Å². The summed E-state index contributed by atoms with van der Waals surface area (Å²) >= 11 is 0. The third-order valence-electron chi connectivity index (χ3n) is 3.89. The summed E-state index contributed by atoms with van der Waals surface area (Å²) in [4.78, 5) is 16.2. The molecule has 0 bridgehead atoms. The van der Waals surface area contributed by atoms with E-state index in [-0.39, 0.29) is 19.1 Å². The molecule has 0 aliphatic carbocycles. The van der Waals surface area contributed by atoms with Crippen molar-refractivity contribution in [1.29, 1.82) is 0 Å². The van der Waals surface area contributed by atoms with E-state index in [1.807, 2.05) is 21.9 Å². The normalized spacial score (nSPS) is 14.3. The van der Waals surface area contributed by atoms with Gasteiger partial charge in [0.1, 0.15) is 0 Å². The number of amides is 1. The van der Waals surface area contributed by atoms with Crippen molar-refractivity contribution < 1.29 is 15.0 Å². The first-order valence-electron chi connectivity index (χ1n) is 7.53. The zero-order valence-corrected chi connectivity index (χ0v) is 12.4. The summed E-state index contributed by atoms with van der Waals surface area (Å²) < 4.78 is 0. The number of benzene rings is 1. The van der Waals surface area contributed by atoms with Crippen LogP contribution in [0.15, 0.2) is 24.3 Å². The highest BCUT2D eigenvalue weighted by Crippen LogP contribution is 2.18. The molecule has 1 aliphatic rings. The van der Waals surface area contributed by atoms with E-state index in [1.54, 1.807) is 0 Å². The SMILES string of the molecule is O=C(CN(CCO)CCCO)N1CCc2ccccc2C1. The third-order valence-corrected chi connectivity index (χ3v) is 3.89. The molecule has 0 saturated heterocycles. The Morgan fingerprint density at radius 3 is 2.62 bits per heavy atom. The maximum absolute atomic E-state index is 12.4. The number of aliphatic hydroxyl groups is 2. The fourth-order valence-corrected chi connectivity index (χ4v) is 2.71. The lowest BCUT2D eigenvalue weighted by Gasteiger charge is -2.31. The maximum Gasteiger partial charge on any atom is 0.237 e. The number of aliphatic hydroxyl groups excluding tert-OH is 2. The van der Waals surface area contributed by atoms with Crippen molar-refractivity contribution in [2.75, 3.05) is 39.4 Å². The Labute approximate surface area is 125 Å². The first-order chi connectivity index (χ1) is 10.2. The Kier molecular flexibility index (Phi) is 6.17. The molecule has 0 spiro atoms. The Bertz CT molecular complexity index is 465. The van der Waals surface area contributed by atoms with Gasteiger partial charge in [0.15, 0.2) is 0 Å². The van der Waals surface area contributed by atoms with Crippen molar-refractivity contribution in [1.82, 2.24) is 9.80 Å². The van der Waals surface area contributed by atoms with E-state index in [2.05, 4.69) is 12.1 Å². The largest absolute Gasteiger partial charge is 0.396 e. The Morgan fingerprint density at radius 1 is 1.14 bits per heavy atom. The summed E-state index contributed by atoms with van der Waals surface area (Å²) in [6.07, 6.45) is 1.52. The minimum Gasteiger partial charge on any atom is -0.396 e. The summed E-state index contributed by atoms with van der Waals surface area (Å²) in [5.41, 5.74) is 2.55. The molecule has 0 radical (unpaired) electrons. The number of rotatable bonds is 7. The molecule has 0 aromatic heterocycles. The predicted octanol–water partition coefficient (Wildman–Crippen LogP) is 0.248. The quantitative estimate of drug-likeness (QED) is 0.756. The van der Waals surface area contributed by atoms with Crippen LogP contribution >= 0.6 is 0 Å². The second-order valence-electron chi connectivity index (χ2n) is 5.41. The van der Waals surface area contributed by atoms with Crippen LogP contribution in [0.25, 0.3) is 0 Å². The summed E-state index contributed by atoms with van der Waals surface area (Å²) in [6, 6.07) is 8.24. The van der Waals surface area contributed by atoms with E-state index >= 15 is 0 Å². The third kappa shape index (κ3) is 4.52. The zero-order chi connectivity index (χ0) is 15.1. The van der Waals surface area contributed by atoms with E-state index in [0.29, 0.717) is 32.6 Å². The van der Waals surface area contributed by atoms with Gasteiger partial charge in [-0.2, -0.15) is 0 Å². The molecule has 2 N–H and O–H groups in total. The first-order valence-corrected chi connectivity index (χ1v) is 7.53. The molecule has 1 heterocycles. The van der Waals surface area contributed by atoms with E-state index in [9.17, 15) is 4.79 Å². The van der Waals surface area contributed by atoms with Crippen molar-refractivity contribution in [3.8, 4) is 0 Å². The van der Waals surface area contributed by atoms with Gasteiger partial charge in [0.05, 0.1) is 13.2 Å². The average molecular weight is 292 g/mol.